The number of alkyl carbamates (subject to hydrolysis) is 1. The summed E-state index contributed by atoms with van der Waals surface area (Å²) in [6.45, 7) is 1.70. The fraction of sp³-hybridized carbons (Fsp3) is 0.160. The number of rotatable bonds is 6. The number of carboxylic acid groups (broad SMARTS) is 1. The molecule has 0 fully saturated rings. The first-order valence-electron chi connectivity index (χ1n) is 10.2. The molecule has 1 aliphatic rings. The standard InChI is InChI=1S/C25H22N2O5/c1-15(23(28)27-17-12-10-16(11-13-17)24(29)30)26-25(31)32-14-22-20-8-4-2-6-18(20)19-7-3-5-9-21(19)22/h2-13,15,22H,14H2,1H3,(H,26,31)(H,27,28)(H,29,30)/t15-/m0/s1. The minimum absolute atomic E-state index is 0.0648. The van der Waals surface area contributed by atoms with Gasteiger partial charge >= 0.3 is 12.1 Å². The fourth-order valence-electron chi connectivity index (χ4n) is 3.83. The molecule has 0 saturated heterocycles. The Kier molecular flexibility index (Phi) is 5.89. The SMILES string of the molecule is C[C@H](NC(=O)OCC1c2ccccc2-c2ccccc21)C(=O)Nc1ccc(C(=O)O)cc1. The fourth-order valence-corrected chi connectivity index (χ4v) is 3.83. The molecule has 0 unspecified atom stereocenters. The largest absolute Gasteiger partial charge is 0.478 e. The van der Waals surface area contributed by atoms with E-state index in [4.69, 9.17) is 9.84 Å². The molecule has 1 aliphatic carbocycles. The van der Waals surface area contributed by atoms with Crippen LogP contribution in [0, 0.1) is 0 Å². The second-order valence-corrected chi connectivity index (χ2v) is 7.56. The lowest BCUT2D eigenvalue weighted by atomic mass is 9.98. The van der Waals surface area contributed by atoms with Crippen LogP contribution in [0.2, 0.25) is 0 Å². The Labute approximate surface area is 185 Å². The van der Waals surface area contributed by atoms with Gasteiger partial charge in [0.25, 0.3) is 0 Å². The minimum Gasteiger partial charge on any atom is -0.478 e. The van der Waals surface area contributed by atoms with Crippen molar-refractivity contribution in [3.63, 3.8) is 0 Å². The maximum Gasteiger partial charge on any atom is 0.407 e. The summed E-state index contributed by atoms with van der Waals surface area (Å²) in [6.07, 6.45) is -0.685. The van der Waals surface area contributed by atoms with Crippen LogP contribution in [0.4, 0.5) is 10.5 Å². The summed E-state index contributed by atoms with van der Waals surface area (Å²) in [4.78, 5) is 35.6. The van der Waals surface area contributed by atoms with Gasteiger partial charge in [-0.2, -0.15) is 0 Å². The predicted molar refractivity (Wildman–Crippen MR) is 120 cm³/mol. The molecule has 3 aromatic rings. The van der Waals surface area contributed by atoms with E-state index in [1.165, 1.54) is 24.3 Å². The van der Waals surface area contributed by atoms with Crippen molar-refractivity contribution >= 4 is 23.7 Å². The number of amides is 2. The van der Waals surface area contributed by atoms with Crippen molar-refractivity contribution in [3.8, 4) is 11.1 Å². The number of benzene rings is 3. The number of aromatic carboxylic acids is 1. The molecule has 0 aromatic heterocycles. The molecule has 0 bridgehead atoms. The van der Waals surface area contributed by atoms with Crippen molar-refractivity contribution in [1.29, 1.82) is 0 Å². The van der Waals surface area contributed by atoms with Crippen LogP contribution in [0.15, 0.2) is 72.8 Å². The topological polar surface area (TPSA) is 105 Å². The van der Waals surface area contributed by atoms with Gasteiger partial charge in [0.2, 0.25) is 5.91 Å². The first kappa shape index (κ1) is 21.1. The highest BCUT2D eigenvalue weighted by Gasteiger charge is 2.29. The molecule has 0 aliphatic heterocycles. The second-order valence-electron chi connectivity index (χ2n) is 7.56. The molecular weight excluding hydrogens is 408 g/mol. The van der Waals surface area contributed by atoms with Gasteiger partial charge in [-0.1, -0.05) is 48.5 Å². The van der Waals surface area contributed by atoms with Crippen molar-refractivity contribution in [2.45, 2.75) is 18.9 Å². The van der Waals surface area contributed by atoms with Crippen molar-refractivity contribution < 1.29 is 24.2 Å². The van der Waals surface area contributed by atoms with Crippen LogP contribution in [0.1, 0.15) is 34.3 Å². The number of hydrogen-bond donors (Lipinski definition) is 3. The Morgan fingerprint density at radius 3 is 2.03 bits per heavy atom. The summed E-state index contributed by atoms with van der Waals surface area (Å²) < 4.78 is 5.46. The third kappa shape index (κ3) is 4.32. The van der Waals surface area contributed by atoms with Gasteiger partial charge in [-0.3, -0.25) is 4.79 Å². The molecule has 0 spiro atoms. The molecule has 0 saturated carbocycles. The average molecular weight is 430 g/mol. The molecule has 7 nitrogen and oxygen atoms in total. The van der Waals surface area contributed by atoms with Gasteiger partial charge in [0, 0.05) is 11.6 Å². The number of anilines is 1. The van der Waals surface area contributed by atoms with Crippen LogP contribution in [0.3, 0.4) is 0 Å². The first-order valence-corrected chi connectivity index (χ1v) is 10.2. The maximum atomic E-state index is 12.4. The van der Waals surface area contributed by atoms with E-state index in [0.717, 1.165) is 22.3 Å². The van der Waals surface area contributed by atoms with Gasteiger partial charge < -0.3 is 20.5 Å². The molecule has 162 valence electrons. The smallest absolute Gasteiger partial charge is 0.407 e. The van der Waals surface area contributed by atoms with E-state index < -0.39 is 24.0 Å². The zero-order chi connectivity index (χ0) is 22.7. The molecule has 0 heterocycles. The number of fused-ring (bicyclic) bond motifs is 3. The van der Waals surface area contributed by atoms with E-state index >= 15 is 0 Å². The molecule has 4 rings (SSSR count). The molecule has 7 heteroatoms. The van der Waals surface area contributed by atoms with Crippen LogP contribution in [-0.4, -0.2) is 35.7 Å². The van der Waals surface area contributed by atoms with E-state index in [-0.39, 0.29) is 18.1 Å². The van der Waals surface area contributed by atoms with Crippen LogP contribution >= 0.6 is 0 Å². The van der Waals surface area contributed by atoms with E-state index in [0.29, 0.717) is 5.69 Å². The lowest BCUT2D eigenvalue weighted by Gasteiger charge is -2.17. The Morgan fingerprint density at radius 2 is 1.47 bits per heavy atom. The van der Waals surface area contributed by atoms with Crippen molar-refractivity contribution in [1.82, 2.24) is 5.32 Å². The Morgan fingerprint density at radius 1 is 0.906 bits per heavy atom. The highest BCUT2D eigenvalue weighted by molar-refractivity contribution is 5.97. The lowest BCUT2D eigenvalue weighted by Crippen LogP contribution is -2.42. The van der Waals surface area contributed by atoms with E-state index in [1.54, 1.807) is 6.92 Å². The monoisotopic (exact) mass is 430 g/mol. The predicted octanol–water partition coefficient (Wildman–Crippen LogP) is 4.25. The summed E-state index contributed by atoms with van der Waals surface area (Å²) in [5, 5.41) is 14.1. The third-order valence-electron chi connectivity index (χ3n) is 5.47. The van der Waals surface area contributed by atoms with E-state index in [1.807, 2.05) is 36.4 Å². The summed E-state index contributed by atoms with van der Waals surface area (Å²) in [5.74, 6) is -1.56. The van der Waals surface area contributed by atoms with Crippen LogP contribution < -0.4 is 10.6 Å². The van der Waals surface area contributed by atoms with Crippen LogP contribution in [0.5, 0.6) is 0 Å². The van der Waals surface area contributed by atoms with Crippen molar-refractivity contribution in [2.24, 2.45) is 0 Å². The molecule has 1 atom stereocenters. The van der Waals surface area contributed by atoms with Gasteiger partial charge in [0.1, 0.15) is 12.6 Å². The third-order valence-corrected chi connectivity index (χ3v) is 5.47. The lowest BCUT2D eigenvalue weighted by molar-refractivity contribution is -0.117. The van der Waals surface area contributed by atoms with E-state index in [2.05, 4.69) is 22.8 Å². The van der Waals surface area contributed by atoms with Gasteiger partial charge in [-0.05, 0) is 53.4 Å². The highest BCUT2D eigenvalue weighted by atomic mass is 16.5. The summed E-state index contributed by atoms with van der Waals surface area (Å²) in [5.41, 5.74) is 5.04. The number of ether oxygens (including phenoxy) is 1. The number of carbonyl (C=O) groups excluding carboxylic acids is 2. The molecule has 3 aromatic carbocycles. The van der Waals surface area contributed by atoms with Crippen molar-refractivity contribution in [3.05, 3.63) is 89.5 Å². The van der Waals surface area contributed by atoms with Gasteiger partial charge in [0.15, 0.2) is 0 Å². The van der Waals surface area contributed by atoms with E-state index in [9.17, 15) is 14.4 Å². The number of nitrogens with one attached hydrogen (secondary N) is 2. The Bertz CT molecular complexity index is 1130. The Balaban J connectivity index is 1.34. The van der Waals surface area contributed by atoms with Crippen LogP contribution in [0.25, 0.3) is 11.1 Å². The first-order chi connectivity index (χ1) is 15.4. The summed E-state index contributed by atoms with van der Waals surface area (Å²) in [7, 11) is 0. The quantitative estimate of drug-likeness (QED) is 0.542. The molecule has 32 heavy (non-hydrogen) atoms. The normalized spacial score (nSPS) is 12.9. The van der Waals surface area contributed by atoms with Gasteiger partial charge in [-0.15, -0.1) is 0 Å². The van der Waals surface area contributed by atoms with Gasteiger partial charge in [0.05, 0.1) is 5.56 Å². The number of carboxylic acids is 1. The zero-order valence-electron chi connectivity index (χ0n) is 17.4. The summed E-state index contributed by atoms with van der Waals surface area (Å²) in [6, 6.07) is 21.0. The Hall–Kier alpha value is -4.13. The second kappa shape index (κ2) is 8.93. The summed E-state index contributed by atoms with van der Waals surface area (Å²) >= 11 is 0. The van der Waals surface area contributed by atoms with Gasteiger partial charge in [-0.25, -0.2) is 9.59 Å². The molecule has 0 radical (unpaired) electrons. The number of carbonyl (C=O) groups is 3. The molecular formula is C25H22N2O5. The average Bonchev–Trinajstić information content (AvgIpc) is 3.12. The maximum absolute atomic E-state index is 12.4. The number of hydrogen-bond acceptors (Lipinski definition) is 4. The van der Waals surface area contributed by atoms with Crippen LogP contribution in [-0.2, 0) is 9.53 Å². The van der Waals surface area contributed by atoms with Crippen molar-refractivity contribution in [2.75, 3.05) is 11.9 Å². The minimum atomic E-state index is -1.05. The zero-order valence-corrected chi connectivity index (χ0v) is 17.4. The molecule has 3 N–H and O–H groups in total. The highest BCUT2D eigenvalue weighted by Crippen LogP contribution is 2.44. The molecule has 2 amide bonds.